The van der Waals surface area contributed by atoms with Gasteiger partial charge in [-0.1, -0.05) is 25.6 Å². The van der Waals surface area contributed by atoms with Crippen molar-refractivity contribution in [3.8, 4) is 0 Å². The summed E-state index contributed by atoms with van der Waals surface area (Å²) >= 11 is 7.91. The van der Waals surface area contributed by atoms with E-state index in [-0.39, 0.29) is 0 Å². The first-order chi connectivity index (χ1) is 4.30. The van der Waals surface area contributed by atoms with Crippen molar-refractivity contribution in [2.24, 2.45) is 0 Å². The van der Waals surface area contributed by atoms with Crippen LogP contribution in [0.2, 0.25) is 0 Å². The Labute approximate surface area is 65.0 Å². The Morgan fingerprint density at radius 3 is 2.11 bits per heavy atom. The molecule has 0 radical (unpaired) electrons. The summed E-state index contributed by atoms with van der Waals surface area (Å²) in [5.41, 5.74) is 0.914. The molecule has 0 fully saturated rings. The van der Waals surface area contributed by atoms with Crippen LogP contribution in [0.1, 0.15) is 0 Å². The predicted octanol–water partition coefficient (Wildman–Crippen LogP) is 1.58. The van der Waals surface area contributed by atoms with Gasteiger partial charge in [-0.25, -0.2) is 0 Å². The van der Waals surface area contributed by atoms with E-state index in [2.05, 4.69) is 30.6 Å². The minimum atomic E-state index is 0.914. The van der Waals surface area contributed by atoms with E-state index in [4.69, 9.17) is 0 Å². The lowest BCUT2D eigenvalue weighted by molar-refractivity contribution is 1.33. The van der Waals surface area contributed by atoms with E-state index >= 15 is 0 Å². The molecule has 0 unspecified atom stereocenters. The number of anilines is 1. The van der Waals surface area contributed by atoms with E-state index < -0.39 is 0 Å². The molecular weight excluding hydrogens is 152 g/mol. The van der Waals surface area contributed by atoms with Crippen LogP contribution in [0.4, 0.5) is 5.69 Å². The van der Waals surface area contributed by atoms with Gasteiger partial charge in [0.2, 0.25) is 0 Å². The third-order valence-electron chi connectivity index (χ3n) is 0.894. The fourth-order valence-corrected chi connectivity index (χ4v) is 0.744. The number of thiol groups is 2. The number of hydrogen-bond donors (Lipinski definition) is 2. The topological polar surface area (TPSA) is 16.1 Å². The minimum Gasteiger partial charge on any atom is -0.265 e. The molecule has 1 rings (SSSR count). The van der Waals surface area contributed by atoms with Crippen LogP contribution >= 0.6 is 25.6 Å². The molecule has 0 spiro atoms. The number of pyridine rings is 1. The number of aromatic nitrogens is 1. The van der Waals surface area contributed by atoms with Crippen molar-refractivity contribution >= 4 is 31.3 Å². The van der Waals surface area contributed by atoms with Crippen LogP contribution in [0.5, 0.6) is 0 Å². The van der Waals surface area contributed by atoms with Crippen molar-refractivity contribution in [1.82, 2.24) is 4.98 Å². The van der Waals surface area contributed by atoms with Crippen LogP contribution in [-0.4, -0.2) is 4.98 Å². The van der Waals surface area contributed by atoms with Crippen LogP contribution in [0.25, 0.3) is 0 Å². The number of hydrogen-bond acceptors (Lipinski definition) is 4. The molecule has 0 aliphatic rings. The Hall–Kier alpha value is -0.350. The molecule has 2 nitrogen and oxygen atoms in total. The van der Waals surface area contributed by atoms with E-state index in [1.807, 2.05) is 12.1 Å². The normalized spacial score (nSPS) is 9.11. The van der Waals surface area contributed by atoms with Gasteiger partial charge in [-0.05, 0) is 12.1 Å². The molecule has 0 saturated heterocycles. The highest BCUT2D eigenvalue weighted by Gasteiger charge is 1.90. The van der Waals surface area contributed by atoms with E-state index in [1.54, 1.807) is 12.4 Å². The molecule has 0 amide bonds. The Balaban J connectivity index is 2.85. The Morgan fingerprint density at radius 1 is 1.22 bits per heavy atom. The van der Waals surface area contributed by atoms with Gasteiger partial charge in [0.05, 0.1) is 5.69 Å². The molecule has 1 aromatic rings. The second-order valence-electron chi connectivity index (χ2n) is 1.49. The first-order valence-electron chi connectivity index (χ1n) is 2.38. The van der Waals surface area contributed by atoms with Gasteiger partial charge in [-0.2, -0.15) is 0 Å². The van der Waals surface area contributed by atoms with Gasteiger partial charge in [0.25, 0.3) is 0 Å². The average Bonchev–Trinajstić information content (AvgIpc) is 1.90. The third-order valence-corrected chi connectivity index (χ3v) is 1.36. The van der Waals surface area contributed by atoms with E-state index in [9.17, 15) is 0 Å². The molecule has 0 N–H and O–H groups in total. The first-order valence-corrected chi connectivity index (χ1v) is 3.18. The van der Waals surface area contributed by atoms with Gasteiger partial charge in [0.1, 0.15) is 0 Å². The first kappa shape index (κ1) is 6.77. The number of nitrogens with zero attached hydrogens (tertiary/aromatic N) is 2. The lowest BCUT2D eigenvalue weighted by Crippen LogP contribution is -1.90. The summed E-state index contributed by atoms with van der Waals surface area (Å²) in [5.74, 6) is 0. The van der Waals surface area contributed by atoms with Crippen LogP contribution in [0, 0.1) is 0 Å². The van der Waals surface area contributed by atoms with Gasteiger partial charge >= 0.3 is 0 Å². The molecule has 0 saturated carbocycles. The summed E-state index contributed by atoms with van der Waals surface area (Å²) < 4.78 is 1.43. The summed E-state index contributed by atoms with van der Waals surface area (Å²) in [6.45, 7) is 0. The highest BCUT2D eigenvalue weighted by molar-refractivity contribution is 8.00. The average molecular weight is 158 g/mol. The van der Waals surface area contributed by atoms with Gasteiger partial charge in [0, 0.05) is 12.4 Å². The molecule has 4 heteroatoms. The smallest absolute Gasteiger partial charge is 0.0619 e. The minimum absolute atomic E-state index is 0.914. The molecular formula is C5H6N2S2. The van der Waals surface area contributed by atoms with Crippen LogP contribution < -0.4 is 3.71 Å². The molecule has 48 valence electrons. The second kappa shape index (κ2) is 2.98. The van der Waals surface area contributed by atoms with Crippen LogP contribution in [0.15, 0.2) is 24.5 Å². The summed E-state index contributed by atoms with van der Waals surface area (Å²) in [6, 6.07) is 3.64. The van der Waals surface area contributed by atoms with Crippen LogP contribution in [0.3, 0.4) is 0 Å². The zero-order chi connectivity index (χ0) is 6.69. The summed E-state index contributed by atoms with van der Waals surface area (Å²) in [7, 11) is 0. The molecule has 0 aromatic carbocycles. The van der Waals surface area contributed by atoms with Crippen molar-refractivity contribution in [3.05, 3.63) is 24.5 Å². The summed E-state index contributed by atoms with van der Waals surface area (Å²) in [6.07, 6.45) is 3.38. The molecule has 1 heterocycles. The molecule has 0 atom stereocenters. The van der Waals surface area contributed by atoms with E-state index in [0.29, 0.717) is 0 Å². The second-order valence-corrected chi connectivity index (χ2v) is 2.61. The van der Waals surface area contributed by atoms with Gasteiger partial charge in [0.15, 0.2) is 0 Å². The van der Waals surface area contributed by atoms with E-state index in [1.165, 1.54) is 3.71 Å². The standard InChI is InChI=1S/C5H6N2S2/c8-7(9)5-1-3-6-4-2-5/h1-4,8-9H. The Bertz CT molecular complexity index is 176. The maximum absolute atomic E-state index is 3.96. The zero-order valence-corrected chi connectivity index (χ0v) is 6.39. The fraction of sp³-hybridized carbons (Fsp3) is 0. The molecule has 0 aliphatic carbocycles. The van der Waals surface area contributed by atoms with Crippen molar-refractivity contribution in [2.45, 2.75) is 0 Å². The van der Waals surface area contributed by atoms with Gasteiger partial charge in [-0.15, -0.1) is 0 Å². The molecule has 9 heavy (non-hydrogen) atoms. The molecule has 1 aromatic heterocycles. The quantitative estimate of drug-likeness (QED) is 0.604. The Kier molecular flexibility index (Phi) is 2.24. The highest BCUT2D eigenvalue weighted by Crippen LogP contribution is 2.15. The van der Waals surface area contributed by atoms with Crippen molar-refractivity contribution in [1.29, 1.82) is 0 Å². The van der Waals surface area contributed by atoms with Crippen molar-refractivity contribution < 1.29 is 0 Å². The van der Waals surface area contributed by atoms with Gasteiger partial charge < -0.3 is 0 Å². The van der Waals surface area contributed by atoms with E-state index in [0.717, 1.165) is 5.69 Å². The highest BCUT2D eigenvalue weighted by atomic mass is 32.2. The third kappa shape index (κ3) is 1.80. The maximum atomic E-state index is 3.96. The zero-order valence-electron chi connectivity index (χ0n) is 4.60. The maximum Gasteiger partial charge on any atom is 0.0619 e. The lowest BCUT2D eigenvalue weighted by Gasteiger charge is -2.06. The molecule has 0 bridgehead atoms. The largest absolute Gasteiger partial charge is 0.265 e. The Morgan fingerprint density at radius 2 is 1.78 bits per heavy atom. The fourth-order valence-electron chi connectivity index (χ4n) is 0.477. The van der Waals surface area contributed by atoms with Crippen molar-refractivity contribution in [2.75, 3.05) is 3.71 Å². The monoisotopic (exact) mass is 158 g/mol. The summed E-state index contributed by atoms with van der Waals surface area (Å²) in [5, 5.41) is 0. The number of rotatable bonds is 1. The van der Waals surface area contributed by atoms with Crippen LogP contribution in [-0.2, 0) is 0 Å². The van der Waals surface area contributed by atoms with Crippen molar-refractivity contribution in [3.63, 3.8) is 0 Å². The lowest BCUT2D eigenvalue weighted by atomic mass is 10.4. The SMILES string of the molecule is SN(S)c1ccncc1. The molecule has 0 aliphatic heterocycles. The van der Waals surface area contributed by atoms with Gasteiger partial charge in [-0.3, -0.25) is 8.69 Å². The summed E-state index contributed by atoms with van der Waals surface area (Å²) in [4.78, 5) is 3.83. The predicted molar refractivity (Wildman–Crippen MR) is 44.7 cm³/mol.